The number of hydrogen-bond acceptors (Lipinski definition) is 2. The zero-order valence-corrected chi connectivity index (χ0v) is 10.1. The lowest BCUT2D eigenvalue weighted by molar-refractivity contribution is -0.00663. The summed E-state index contributed by atoms with van der Waals surface area (Å²) < 4.78 is 6.17. The van der Waals surface area contributed by atoms with Crippen LogP contribution in [0.3, 0.4) is 0 Å². The molecular formula is C15H19NO. The van der Waals surface area contributed by atoms with Crippen LogP contribution in [0.5, 0.6) is 5.75 Å². The Bertz CT molecular complexity index is 398. The van der Waals surface area contributed by atoms with Crippen LogP contribution in [0.1, 0.15) is 18.4 Å². The van der Waals surface area contributed by atoms with E-state index in [-0.39, 0.29) is 0 Å². The van der Waals surface area contributed by atoms with E-state index in [4.69, 9.17) is 4.74 Å². The molecule has 0 aliphatic carbocycles. The monoisotopic (exact) mass is 229 g/mol. The maximum Gasteiger partial charge on any atom is 0.123 e. The van der Waals surface area contributed by atoms with Crippen LogP contribution in [0.4, 0.5) is 0 Å². The van der Waals surface area contributed by atoms with Crippen molar-refractivity contribution in [2.24, 2.45) is 11.8 Å². The van der Waals surface area contributed by atoms with Crippen molar-refractivity contribution < 1.29 is 4.74 Å². The van der Waals surface area contributed by atoms with Gasteiger partial charge in [0.1, 0.15) is 11.9 Å². The lowest BCUT2D eigenvalue weighted by Gasteiger charge is -2.46. The van der Waals surface area contributed by atoms with Gasteiger partial charge in [0.2, 0.25) is 0 Å². The first kappa shape index (κ1) is 9.95. The SMILES string of the molecule is c1ccc2c(c1)C[C@H]([C@@H]1CN3CCC1CC3)O2. The average molecular weight is 229 g/mol. The molecule has 0 spiro atoms. The molecule has 90 valence electrons. The predicted octanol–water partition coefficient (Wildman–Crippen LogP) is 2.33. The van der Waals surface area contributed by atoms with E-state index in [1.165, 1.54) is 38.0 Å². The highest BCUT2D eigenvalue weighted by Gasteiger charge is 2.41. The number of ether oxygens (including phenoxy) is 1. The van der Waals surface area contributed by atoms with Crippen LogP contribution in [0.25, 0.3) is 0 Å². The summed E-state index contributed by atoms with van der Waals surface area (Å²) in [6, 6.07) is 8.55. The van der Waals surface area contributed by atoms with E-state index in [2.05, 4.69) is 29.2 Å². The first-order valence-electron chi connectivity index (χ1n) is 6.87. The molecule has 3 fully saturated rings. The highest BCUT2D eigenvalue weighted by Crippen LogP contribution is 2.40. The molecule has 4 aliphatic rings. The number of fused-ring (bicyclic) bond motifs is 4. The summed E-state index contributed by atoms with van der Waals surface area (Å²) in [5.41, 5.74) is 1.41. The summed E-state index contributed by atoms with van der Waals surface area (Å²) in [5.74, 6) is 2.82. The van der Waals surface area contributed by atoms with Crippen molar-refractivity contribution in [1.82, 2.24) is 4.90 Å². The molecule has 3 saturated heterocycles. The normalized spacial score (nSPS) is 38.8. The smallest absolute Gasteiger partial charge is 0.123 e. The topological polar surface area (TPSA) is 12.5 Å². The van der Waals surface area contributed by atoms with Gasteiger partial charge in [-0.1, -0.05) is 18.2 Å². The molecule has 5 rings (SSSR count). The van der Waals surface area contributed by atoms with Crippen LogP contribution in [0, 0.1) is 11.8 Å². The Morgan fingerprint density at radius 3 is 2.65 bits per heavy atom. The van der Waals surface area contributed by atoms with Crippen molar-refractivity contribution >= 4 is 0 Å². The van der Waals surface area contributed by atoms with Gasteiger partial charge in [-0.25, -0.2) is 0 Å². The van der Waals surface area contributed by atoms with Crippen LogP contribution >= 0.6 is 0 Å². The molecular weight excluding hydrogens is 210 g/mol. The van der Waals surface area contributed by atoms with E-state index >= 15 is 0 Å². The minimum atomic E-state index is 0.445. The minimum absolute atomic E-state index is 0.445. The van der Waals surface area contributed by atoms with E-state index < -0.39 is 0 Å². The number of benzene rings is 1. The average Bonchev–Trinajstić information content (AvgIpc) is 2.83. The largest absolute Gasteiger partial charge is 0.489 e. The quantitative estimate of drug-likeness (QED) is 0.733. The Morgan fingerprint density at radius 2 is 1.94 bits per heavy atom. The molecule has 2 bridgehead atoms. The summed E-state index contributed by atoms with van der Waals surface area (Å²) in [5, 5.41) is 0. The van der Waals surface area contributed by atoms with Gasteiger partial charge < -0.3 is 9.64 Å². The molecule has 0 saturated carbocycles. The maximum absolute atomic E-state index is 6.17. The van der Waals surface area contributed by atoms with Crippen LogP contribution in [-0.2, 0) is 6.42 Å². The summed E-state index contributed by atoms with van der Waals surface area (Å²) in [6.45, 7) is 3.91. The number of rotatable bonds is 1. The highest BCUT2D eigenvalue weighted by molar-refractivity contribution is 5.37. The summed E-state index contributed by atoms with van der Waals surface area (Å²) in [6.07, 6.45) is 4.35. The second kappa shape index (κ2) is 3.74. The first-order chi connectivity index (χ1) is 8.40. The molecule has 0 amide bonds. The Morgan fingerprint density at radius 1 is 1.12 bits per heavy atom. The lowest BCUT2D eigenvalue weighted by Crippen LogP contribution is -2.52. The van der Waals surface area contributed by atoms with Crippen LogP contribution in [-0.4, -0.2) is 30.6 Å². The van der Waals surface area contributed by atoms with Gasteiger partial charge in [-0.2, -0.15) is 0 Å². The fourth-order valence-corrected chi connectivity index (χ4v) is 3.88. The number of piperidine rings is 3. The van der Waals surface area contributed by atoms with Crippen molar-refractivity contribution in [1.29, 1.82) is 0 Å². The third-order valence-electron chi connectivity index (χ3n) is 4.86. The van der Waals surface area contributed by atoms with Crippen molar-refractivity contribution in [3.8, 4) is 5.75 Å². The fourth-order valence-electron chi connectivity index (χ4n) is 3.88. The van der Waals surface area contributed by atoms with E-state index in [9.17, 15) is 0 Å². The van der Waals surface area contributed by atoms with Gasteiger partial charge in [0, 0.05) is 18.9 Å². The van der Waals surface area contributed by atoms with Gasteiger partial charge in [-0.15, -0.1) is 0 Å². The Labute approximate surface area is 103 Å². The molecule has 0 aromatic heterocycles. The minimum Gasteiger partial charge on any atom is -0.489 e. The Kier molecular flexibility index (Phi) is 2.19. The van der Waals surface area contributed by atoms with Gasteiger partial charge in [-0.3, -0.25) is 0 Å². The molecule has 0 unspecified atom stereocenters. The molecule has 2 heteroatoms. The van der Waals surface area contributed by atoms with E-state index in [1.54, 1.807) is 0 Å². The zero-order chi connectivity index (χ0) is 11.2. The second-order valence-corrected chi connectivity index (χ2v) is 5.77. The standard InChI is InChI=1S/C15H19NO/c1-2-4-14-12(3-1)9-15(17-14)13-10-16-7-5-11(13)6-8-16/h1-4,11,13,15H,5-10H2/t13-,15-/m1/s1. The van der Waals surface area contributed by atoms with E-state index in [0.29, 0.717) is 6.10 Å². The highest BCUT2D eigenvalue weighted by atomic mass is 16.5. The number of nitrogens with zero attached hydrogens (tertiary/aromatic N) is 1. The Hall–Kier alpha value is -1.02. The number of hydrogen-bond donors (Lipinski definition) is 0. The molecule has 0 radical (unpaired) electrons. The Balaban J connectivity index is 1.55. The third kappa shape index (κ3) is 1.58. The molecule has 1 aromatic rings. The van der Waals surface area contributed by atoms with E-state index in [0.717, 1.165) is 24.0 Å². The van der Waals surface area contributed by atoms with Crippen molar-refractivity contribution in [3.63, 3.8) is 0 Å². The summed E-state index contributed by atoms with van der Waals surface area (Å²) in [4.78, 5) is 2.62. The molecule has 1 aromatic carbocycles. The van der Waals surface area contributed by atoms with E-state index in [1.807, 2.05) is 0 Å². The summed E-state index contributed by atoms with van der Waals surface area (Å²) in [7, 11) is 0. The molecule has 2 nitrogen and oxygen atoms in total. The van der Waals surface area contributed by atoms with Gasteiger partial charge in [0.05, 0.1) is 0 Å². The first-order valence-corrected chi connectivity index (χ1v) is 6.87. The molecule has 4 heterocycles. The molecule has 4 aliphatic heterocycles. The fraction of sp³-hybridized carbons (Fsp3) is 0.600. The summed E-state index contributed by atoms with van der Waals surface area (Å²) >= 11 is 0. The van der Waals surface area contributed by atoms with Crippen LogP contribution < -0.4 is 4.74 Å². The second-order valence-electron chi connectivity index (χ2n) is 5.77. The van der Waals surface area contributed by atoms with Gasteiger partial charge >= 0.3 is 0 Å². The van der Waals surface area contributed by atoms with Gasteiger partial charge in [0.25, 0.3) is 0 Å². The zero-order valence-electron chi connectivity index (χ0n) is 10.1. The van der Waals surface area contributed by atoms with Gasteiger partial charge in [-0.05, 0) is 43.5 Å². The van der Waals surface area contributed by atoms with Crippen LogP contribution in [0.15, 0.2) is 24.3 Å². The number of para-hydroxylation sites is 1. The molecule has 2 atom stereocenters. The van der Waals surface area contributed by atoms with Crippen molar-refractivity contribution in [2.75, 3.05) is 19.6 Å². The van der Waals surface area contributed by atoms with Crippen molar-refractivity contribution in [3.05, 3.63) is 29.8 Å². The van der Waals surface area contributed by atoms with Crippen molar-refractivity contribution in [2.45, 2.75) is 25.4 Å². The lowest BCUT2D eigenvalue weighted by atomic mass is 9.75. The molecule has 0 N–H and O–H groups in total. The van der Waals surface area contributed by atoms with Gasteiger partial charge in [0.15, 0.2) is 0 Å². The third-order valence-corrected chi connectivity index (χ3v) is 4.86. The maximum atomic E-state index is 6.17. The predicted molar refractivity (Wildman–Crippen MR) is 67.2 cm³/mol. The van der Waals surface area contributed by atoms with Crippen LogP contribution in [0.2, 0.25) is 0 Å². The molecule has 17 heavy (non-hydrogen) atoms.